The van der Waals surface area contributed by atoms with Crippen LogP contribution in [-0.2, 0) is 4.79 Å². The fourth-order valence-corrected chi connectivity index (χ4v) is 2.87. The fourth-order valence-electron chi connectivity index (χ4n) is 2.45. The van der Waals surface area contributed by atoms with Crippen molar-refractivity contribution in [3.05, 3.63) is 76.8 Å². The average molecular weight is 396 g/mol. The molecule has 5 heteroatoms. The van der Waals surface area contributed by atoms with E-state index >= 15 is 0 Å². The fraction of sp³-hybridized carbons (Fsp3) is 0.100. The lowest BCUT2D eigenvalue weighted by Crippen LogP contribution is -2.34. The molecule has 0 aromatic heterocycles. The largest absolute Gasteiger partial charge is 0.374 e. The summed E-state index contributed by atoms with van der Waals surface area (Å²) in [6.07, 6.45) is 1.62. The highest BCUT2D eigenvalue weighted by Gasteiger charge is 2.11. The summed E-state index contributed by atoms with van der Waals surface area (Å²) >= 11 is 3.40. The van der Waals surface area contributed by atoms with E-state index in [1.807, 2.05) is 60.7 Å². The number of nitrogens with zero attached hydrogens (tertiary/aromatic N) is 1. The smallest absolute Gasteiger partial charge is 0.262 e. The van der Waals surface area contributed by atoms with Crippen molar-refractivity contribution in [1.82, 2.24) is 5.43 Å². The Morgan fingerprint density at radius 2 is 1.84 bits per heavy atom. The molecule has 0 saturated carbocycles. The molecule has 0 spiro atoms. The second kappa shape index (κ2) is 7.94. The van der Waals surface area contributed by atoms with E-state index in [9.17, 15) is 4.79 Å². The van der Waals surface area contributed by atoms with Gasteiger partial charge in [0.05, 0.1) is 6.21 Å². The summed E-state index contributed by atoms with van der Waals surface area (Å²) in [4.78, 5) is 12.2. The van der Waals surface area contributed by atoms with Gasteiger partial charge < -0.3 is 5.32 Å². The SMILES string of the molecule is CC(Nc1ccc2ccccc2c1)C(=O)NN=Cc1cccc(Br)c1. The molecule has 0 aliphatic heterocycles. The maximum Gasteiger partial charge on any atom is 0.262 e. The van der Waals surface area contributed by atoms with Crippen LogP contribution in [0.15, 0.2) is 76.3 Å². The summed E-state index contributed by atoms with van der Waals surface area (Å²) in [5.74, 6) is -0.195. The van der Waals surface area contributed by atoms with Gasteiger partial charge in [-0.3, -0.25) is 4.79 Å². The van der Waals surface area contributed by atoms with Gasteiger partial charge >= 0.3 is 0 Å². The van der Waals surface area contributed by atoms with Crippen LogP contribution < -0.4 is 10.7 Å². The number of hydrogen-bond donors (Lipinski definition) is 2. The van der Waals surface area contributed by atoms with E-state index in [2.05, 4.69) is 37.8 Å². The third kappa shape index (κ3) is 4.67. The first-order valence-corrected chi connectivity index (χ1v) is 8.75. The van der Waals surface area contributed by atoms with E-state index in [4.69, 9.17) is 0 Å². The Hall–Kier alpha value is -2.66. The van der Waals surface area contributed by atoms with Crippen LogP contribution in [0.3, 0.4) is 0 Å². The van der Waals surface area contributed by atoms with E-state index in [-0.39, 0.29) is 5.91 Å². The summed E-state index contributed by atoms with van der Waals surface area (Å²) in [5, 5.41) is 9.51. The van der Waals surface area contributed by atoms with Gasteiger partial charge in [0.25, 0.3) is 5.91 Å². The van der Waals surface area contributed by atoms with Crippen LogP contribution in [-0.4, -0.2) is 18.2 Å². The first kappa shape index (κ1) is 17.2. The van der Waals surface area contributed by atoms with Crippen molar-refractivity contribution in [3.8, 4) is 0 Å². The summed E-state index contributed by atoms with van der Waals surface area (Å²) in [6.45, 7) is 1.80. The number of amides is 1. The lowest BCUT2D eigenvalue weighted by atomic mass is 10.1. The average Bonchev–Trinajstić information content (AvgIpc) is 2.61. The summed E-state index contributed by atoms with van der Waals surface area (Å²) in [6, 6.07) is 21.4. The van der Waals surface area contributed by atoms with Crippen molar-refractivity contribution in [2.24, 2.45) is 5.10 Å². The van der Waals surface area contributed by atoms with Crippen LogP contribution in [0.25, 0.3) is 10.8 Å². The zero-order valence-electron chi connectivity index (χ0n) is 13.7. The van der Waals surface area contributed by atoms with E-state index in [1.165, 1.54) is 5.39 Å². The number of hydrazone groups is 1. The molecule has 1 atom stereocenters. The molecule has 0 radical (unpaired) electrons. The number of rotatable bonds is 5. The zero-order chi connectivity index (χ0) is 17.6. The first-order chi connectivity index (χ1) is 12.1. The lowest BCUT2D eigenvalue weighted by molar-refractivity contribution is -0.121. The number of carbonyl (C=O) groups is 1. The van der Waals surface area contributed by atoms with Gasteiger partial charge in [-0.2, -0.15) is 5.10 Å². The van der Waals surface area contributed by atoms with Crippen molar-refractivity contribution in [3.63, 3.8) is 0 Å². The second-order valence-electron chi connectivity index (χ2n) is 5.72. The predicted molar refractivity (Wildman–Crippen MR) is 107 cm³/mol. The van der Waals surface area contributed by atoms with Gasteiger partial charge in [0.2, 0.25) is 0 Å². The standard InChI is InChI=1S/C20H18BrN3O/c1-14(20(25)24-22-13-15-5-4-8-18(21)11-15)23-19-10-9-16-6-2-3-7-17(16)12-19/h2-14,23H,1H3,(H,24,25). The van der Waals surface area contributed by atoms with Crippen LogP contribution in [0.1, 0.15) is 12.5 Å². The number of nitrogens with one attached hydrogen (secondary N) is 2. The van der Waals surface area contributed by atoms with E-state index in [0.29, 0.717) is 0 Å². The number of carbonyl (C=O) groups excluding carboxylic acids is 1. The van der Waals surface area contributed by atoms with Gasteiger partial charge in [-0.1, -0.05) is 58.4 Å². The molecule has 4 nitrogen and oxygen atoms in total. The molecule has 0 saturated heterocycles. The highest BCUT2D eigenvalue weighted by atomic mass is 79.9. The molecule has 1 amide bonds. The van der Waals surface area contributed by atoms with Crippen molar-refractivity contribution >= 4 is 44.5 Å². The first-order valence-electron chi connectivity index (χ1n) is 7.96. The van der Waals surface area contributed by atoms with Gasteiger partial charge in [0.1, 0.15) is 6.04 Å². The Bertz CT molecular complexity index is 923. The zero-order valence-corrected chi connectivity index (χ0v) is 15.3. The number of benzene rings is 3. The molecule has 3 rings (SSSR count). The van der Waals surface area contributed by atoms with Gasteiger partial charge in [0.15, 0.2) is 0 Å². The van der Waals surface area contributed by atoms with Crippen molar-refractivity contribution in [2.75, 3.05) is 5.32 Å². The van der Waals surface area contributed by atoms with Crippen LogP contribution in [0.5, 0.6) is 0 Å². The van der Waals surface area contributed by atoms with Crippen molar-refractivity contribution < 1.29 is 4.79 Å². The highest BCUT2D eigenvalue weighted by molar-refractivity contribution is 9.10. The Balaban J connectivity index is 1.59. The van der Waals surface area contributed by atoms with Crippen LogP contribution in [0.4, 0.5) is 5.69 Å². The molecule has 25 heavy (non-hydrogen) atoms. The van der Waals surface area contributed by atoms with E-state index in [1.54, 1.807) is 13.1 Å². The third-order valence-electron chi connectivity index (χ3n) is 3.76. The number of hydrogen-bond acceptors (Lipinski definition) is 3. The molecular formula is C20H18BrN3O. The van der Waals surface area contributed by atoms with Crippen LogP contribution in [0.2, 0.25) is 0 Å². The predicted octanol–water partition coefficient (Wildman–Crippen LogP) is 4.55. The molecule has 0 aliphatic rings. The number of halogens is 1. The molecular weight excluding hydrogens is 378 g/mol. The van der Waals surface area contributed by atoms with Crippen molar-refractivity contribution in [2.45, 2.75) is 13.0 Å². The van der Waals surface area contributed by atoms with Crippen molar-refractivity contribution in [1.29, 1.82) is 0 Å². The molecule has 3 aromatic carbocycles. The topological polar surface area (TPSA) is 53.5 Å². The van der Waals surface area contributed by atoms with Crippen LogP contribution in [0, 0.1) is 0 Å². The molecule has 1 unspecified atom stereocenters. The Labute approximate surface area is 155 Å². The minimum absolute atomic E-state index is 0.195. The van der Waals surface area contributed by atoms with E-state index in [0.717, 1.165) is 21.1 Å². The molecule has 126 valence electrons. The minimum atomic E-state index is -0.402. The third-order valence-corrected chi connectivity index (χ3v) is 4.26. The van der Waals surface area contributed by atoms with Gasteiger partial charge in [-0.15, -0.1) is 0 Å². The Morgan fingerprint density at radius 1 is 1.04 bits per heavy atom. The second-order valence-corrected chi connectivity index (χ2v) is 6.63. The highest BCUT2D eigenvalue weighted by Crippen LogP contribution is 2.19. The Morgan fingerprint density at radius 3 is 2.64 bits per heavy atom. The number of anilines is 1. The maximum atomic E-state index is 12.2. The van der Waals surface area contributed by atoms with E-state index < -0.39 is 6.04 Å². The van der Waals surface area contributed by atoms with Gasteiger partial charge in [-0.25, -0.2) is 5.43 Å². The Kier molecular flexibility index (Phi) is 5.46. The molecule has 0 bridgehead atoms. The quantitative estimate of drug-likeness (QED) is 0.491. The molecule has 3 aromatic rings. The summed E-state index contributed by atoms with van der Waals surface area (Å²) < 4.78 is 0.967. The normalized spacial score (nSPS) is 12.2. The van der Waals surface area contributed by atoms with Gasteiger partial charge in [0, 0.05) is 10.2 Å². The maximum absolute atomic E-state index is 12.2. The monoisotopic (exact) mass is 395 g/mol. The minimum Gasteiger partial charge on any atom is -0.374 e. The molecule has 0 fully saturated rings. The molecule has 0 heterocycles. The van der Waals surface area contributed by atoms with Gasteiger partial charge in [-0.05, 0) is 47.5 Å². The summed E-state index contributed by atoms with van der Waals surface area (Å²) in [7, 11) is 0. The molecule has 2 N–H and O–H groups in total. The molecule has 0 aliphatic carbocycles. The number of fused-ring (bicyclic) bond motifs is 1. The van der Waals surface area contributed by atoms with Crippen LogP contribution >= 0.6 is 15.9 Å². The summed E-state index contributed by atoms with van der Waals surface area (Å²) in [5.41, 5.74) is 4.37. The lowest BCUT2D eigenvalue weighted by Gasteiger charge is -2.14.